The molecule has 5 N–H and O–H groups in total. The number of hydrogen-bond acceptors (Lipinski definition) is 5. The first-order chi connectivity index (χ1) is 9.60. The Labute approximate surface area is 114 Å². The lowest BCUT2D eigenvalue weighted by molar-refractivity contribution is 0.102. The lowest BCUT2D eigenvalue weighted by Gasteiger charge is -2.07. The second-order valence-electron chi connectivity index (χ2n) is 3.85. The molecule has 8 nitrogen and oxygen atoms in total. The molecule has 0 unspecified atom stereocenters. The van der Waals surface area contributed by atoms with Crippen molar-refractivity contribution < 1.29 is 14.3 Å². The molecular weight excluding hydrogens is 262 g/mol. The predicted molar refractivity (Wildman–Crippen MR) is 73.4 cm³/mol. The number of nitrogen functional groups attached to an aromatic ring is 1. The zero-order chi connectivity index (χ0) is 14.5. The van der Waals surface area contributed by atoms with E-state index in [-0.39, 0.29) is 11.4 Å². The number of aromatic amines is 1. The third-order valence-corrected chi connectivity index (χ3v) is 2.45. The lowest BCUT2D eigenvalue weighted by atomic mass is 10.2. The molecule has 0 saturated heterocycles. The van der Waals surface area contributed by atoms with Crippen LogP contribution >= 0.6 is 0 Å². The van der Waals surface area contributed by atoms with Gasteiger partial charge in [0, 0.05) is 11.4 Å². The highest BCUT2D eigenvalue weighted by Crippen LogP contribution is 2.17. The molecule has 2 rings (SSSR count). The van der Waals surface area contributed by atoms with Gasteiger partial charge < -0.3 is 15.8 Å². The molecule has 0 saturated carbocycles. The minimum absolute atomic E-state index is 0.177. The monoisotopic (exact) mass is 275 g/mol. The van der Waals surface area contributed by atoms with Crippen LogP contribution in [0.3, 0.4) is 0 Å². The number of anilines is 3. The van der Waals surface area contributed by atoms with E-state index >= 15 is 0 Å². The van der Waals surface area contributed by atoms with Gasteiger partial charge in [-0.15, -0.1) is 0 Å². The molecule has 0 aliphatic heterocycles. The van der Waals surface area contributed by atoms with Crippen molar-refractivity contribution in [3.63, 3.8) is 0 Å². The van der Waals surface area contributed by atoms with E-state index < -0.39 is 12.0 Å². The van der Waals surface area contributed by atoms with Crippen LogP contribution < -0.4 is 16.4 Å². The number of nitrogens with two attached hydrogens (primary N) is 1. The molecule has 0 atom stereocenters. The largest absolute Gasteiger partial charge is 0.453 e. The summed E-state index contributed by atoms with van der Waals surface area (Å²) in [5, 5.41) is 11.3. The van der Waals surface area contributed by atoms with Gasteiger partial charge >= 0.3 is 6.09 Å². The SMILES string of the molecule is COC(=O)Nc1cccc(NC(=O)c2[nH]ncc2N)c1. The summed E-state index contributed by atoms with van der Waals surface area (Å²) in [5.41, 5.74) is 7.00. The molecule has 1 heterocycles. The molecule has 0 radical (unpaired) electrons. The number of carbonyl (C=O) groups is 2. The van der Waals surface area contributed by atoms with Gasteiger partial charge in [0.05, 0.1) is 19.0 Å². The van der Waals surface area contributed by atoms with E-state index in [2.05, 4.69) is 25.6 Å². The van der Waals surface area contributed by atoms with E-state index in [1.54, 1.807) is 24.3 Å². The molecular formula is C12H13N5O3. The molecule has 0 fully saturated rings. The van der Waals surface area contributed by atoms with Crippen LogP contribution in [-0.4, -0.2) is 29.3 Å². The normalized spacial score (nSPS) is 9.85. The fourth-order valence-corrected chi connectivity index (χ4v) is 1.51. The zero-order valence-electron chi connectivity index (χ0n) is 10.6. The molecule has 1 aromatic heterocycles. The van der Waals surface area contributed by atoms with Crippen molar-refractivity contribution in [3.8, 4) is 0 Å². The Hall–Kier alpha value is -3.03. The minimum Gasteiger partial charge on any atom is -0.453 e. The quantitative estimate of drug-likeness (QED) is 0.674. The second-order valence-corrected chi connectivity index (χ2v) is 3.85. The van der Waals surface area contributed by atoms with E-state index in [4.69, 9.17) is 5.73 Å². The fraction of sp³-hybridized carbons (Fsp3) is 0.0833. The maximum Gasteiger partial charge on any atom is 0.411 e. The zero-order valence-corrected chi connectivity index (χ0v) is 10.6. The third kappa shape index (κ3) is 3.05. The predicted octanol–water partition coefficient (Wildman–Crippen LogP) is 1.42. The van der Waals surface area contributed by atoms with Crippen LogP contribution in [0.5, 0.6) is 0 Å². The second kappa shape index (κ2) is 5.74. The average Bonchev–Trinajstić information content (AvgIpc) is 2.85. The van der Waals surface area contributed by atoms with Gasteiger partial charge in [-0.1, -0.05) is 6.07 Å². The molecule has 0 spiro atoms. The summed E-state index contributed by atoms with van der Waals surface area (Å²) in [6, 6.07) is 6.60. The van der Waals surface area contributed by atoms with Gasteiger partial charge in [0.15, 0.2) is 0 Å². The average molecular weight is 275 g/mol. The molecule has 104 valence electrons. The summed E-state index contributed by atoms with van der Waals surface area (Å²) in [4.78, 5) is 23.0. The summed E-state index contributed by atoms with van der Waals surface area (Å²) in [7, 11) is 1.27. The van der Waals surface area contributed by atoms with Crippen molar-refractivity contribution in [1.82, 2.24) is 10.2 Å². The van der Waals surface area contributed by atoms with E-state index in [1.165, 1.54) is 13.3 Å². The number of ether oxygens (including phenoxy) is 1. The van der Waals surface area contributed by atoms with Crippen LogP contribution in [0.1, 0.15) is 10.5 Å². The Morgan fingerprint density at radius 1 is 1.30 bits per heavy atom. The molecule has 1 aromatic carbocycles. The highest BCUT2D eigenvalue weighted by atomic mass is 16.5. The lowest BCUT2D eigenvalue weighted by Crippen LogP contribution is -2.15. The summed E-state index contributed by atoms with van der Waals surface area (Å²) in [6.45, 7) is 0. The minimum atomic E-state index is -0.591. The van der Waals surface area contributed by atoms with Crippen LogP contribution in [0.4, 0.5) is 21.9 Å². The Kier molecular flexibility index (Phi) is 3.85. The van der Waals surface area contributed by atoms with E-state index in [0.29, 0.717) is 11.4 Å². The van der Waals surface area contributed by atoms with E-state index in [0.717, 1.165) is 0 Å². The van der Waals surface area contributed by atoms with E-state index in [1.807, 2.05) is 0 Å². The van der Waals surface area contributed by atoms with Crippen LogP contribution in [0.25, 0.3) is 0 Å². The number of hydrogen-bond donors (Lipinski definition) is 4. The summed E-state index contributed by atoms with van der Waals surface area (Å²) in [6.07, 6.45) is 0.760. The number of benzene rings is 1. The van der Waals surface area contributed by atoms with Crippen LogP contribution in [0.15, 0.2) is 30.5 Å². The first-order valence-corrected chi connectivity index (χ1v) is 5.65. The highest BCUT2D eigenvalue weighted by Gasteiger charge is 2.12. The number of nitrogens with zero attached hydrogens (tertiary/aromatic N) is 1. The first-order valence-electron chi connectivity index (χ1n) is 5.65. The van der Waals surface area contributed by atoms with Crippen molar-refractivity contribution in [3.05, 3.63) is 36.2 Å². The van der Waals surface area contributed by atoms with Gasteiger partial charge in [-0.05, 0) is 18.2 Å². The summed E-state index contributed by atoms with van der Waals surface area (Å²) >= 11 is 0. The Bertz CT molecular complexity index is 638. The Morgan fingerprint density at radius 2 is 2.00 bits per heavy atom. The van der Waals surface area contributed by atoms with Crippen LogP contribution in [0, 0.1) is 0 Å². The summed E-state index contributed by atoms with van der Waals surface area (Å²) < 4.78 is 4.48. The standard InChI is InChI=1S/C12H13N5O3/c1-20-12(19)16-8-4-2-3-7(5-8)15-11(18)10-9(13)6-14-17-10/h2-6H,13H2,1H3,(H,14,17)(H,15,18)(H,16,19). The number of nitrogens with one attached hydrogen (secondary N) is 3. The Balaban J connectivity index is 2.10. The van der Waals surface area contributed by atoms with Crippen molar-refractivity contribution in [2.45, 2.75) is 0 Å². The first kappa shape index (κ1) is 13.4. The van der Waals surface area contributed by atoms with Crippen molar-refractivity contribution in [2.24, 2.45) is 0 Å². The number of methoxy groups -OCH3 is 1. The topological polar surface area (TPSA) is 122 Å². The fourth-order valence-electron chi connectivity index (χ4n) is 1.51. The van der Waals surface area contributed by atoms with Crippen molar-refractivity contribution in [1.29, 1.82) is 0 Å². The molecule has 2 aromatic rings. The van der Waals surface area contributed by atoms with E-state index in [9.17, 15) is 9.59 Å². The van der Waals surface area contributed by atoms with Gasteiger partial charge in [0.1, 0.15) is 5.69 Å². The molecule has 20 heavy (non-hydrogen) atoms. The molecule has 0 aliphatic rings. The van der Waals surface area contributed by atoms with Gasteiger partial charge in [0.2, 0.25) is 0 Å². The number of aromatic nitrogens is 2. The maximum atomic E-state index is 11.9. The van der Waals surface area contributed by atoms with Crippen LogP contribution in [-0.2, 0) is 4.74 Å². The number of rotatable bonds is 3. The molecule has 0 bridgehead atoms. The number of amides is 2. The highest BCUT2D eigenvalue weighted by molar-refractivity contribution is 6.06. The van der Waals surface area contributed by atoms with Crippen LogP contribution in [0.2, 0.25) is 0 Å². The number of carbonyl (C=O) groups excluding carboxylic acids is 2. The number of H-pyrrole nitrogens is 1. The molecule has 8 heteroatoms. The molecule has 2 amide bonds. The van der Waals surface area contributed by atoms with Gasteiger partial charge in [-0.2, -0.15) is 5.10 Å². The third-order valence-electron chi connectivity index (χ3n) is 2.45. The van der Waals surface area contributed by atoms with Crippen molar-refractivity contribution in [2.75, 3.05) is 23.5 Å². The maximum absolute atomic E-state index is 11.9. The van der Waals surface area contributed by atoms with Gasteiger partial charge in [-0.25, -0.2) is 4.79 Å². The molecule has 0 aliphatic carbocycles. The summed E-state index contributed by atoms with van der Waals surface area (Å²) in [5.74, 6) is -0.421. The van der Waals surface area contributed by atoms with Gasteiger partial charge in [0.25, 0.3) is 5.91 Å². The Morgan fingerprint density at radius 3 is 2.60 bits per heavy atom. The van der Waals surface area contributed by atoms with Gasteiger partial charge in [-0.3, -0.25) is 15.2 Å². The smallest absolute Gasteiger partial charge is 0.411 e. The van der Waals surface area contributed by atoms with Crippen molar-refractivity contribution >= 4 is 29.1 Å².